The summed E-state index contributed by atoms with van der Waals surface area (Å²) in [6.07, 6.45) is 1.57. The van der Waals surface area contributed by atoms with Gasteiger partial charge in [0.05, 0.1) is 0 Å². The van der Waals surface area contributed by atoms with Crippen LogP contribution >= 0.6 is 0 Å². The first-order valence-electron chi connectivity index (χ1n) is 8.91. The molecule has 0 aliphatic carbocycles. The van der Waals surface area contributed by atoms with Gasteiger partial charge in [0.2, 0.25) is 5.91 Å². The number of nitrogens with zero attached hydrogens (tertiary/aromatic N) is 2. The predicted octanol–water partition coefficient (Wildman–Crippen LogP) is 3.57. The summed E-state index contributed by atoms with van der Waals surface area (Å²) in [5.41, 5.74) is 3.95. The first-order valence-corrected chi connectivity index (χ1v) is 8.91. The molecule has 4 rings (SSSR count). The maximum absolute atomic E-state index is 13.1. The third-order valence-corrected chi connectivity index (χ3v) is 5.18. The van der Waals surface area contributed by atoms with Gasteiger partial charge < -0.3 is 9.80 Å². The minimum atomic E-state index is 0.0337. The van der Waals surface area contributed by atoms with E-state index in [9.17, 15) is 9.59 Å². The van der Waals surface area contributed by atoms with E-state index in [1.807, 2.05) is 52.3 Å². The van der Waals surface area contributed by atoms with Crippen LogP contribution in [-0.4, -0.2) is 29.8 Å². The highest BCUT2D eigenvalue weighted by molar-refractivity contribution is 6.07. The van der Waals surface area contributed by atoms with Crippen LogP contribution < -0.4 is 4.90 Å². The number of hydrogen-bond acceptors (Lipinski definition) is 2. The molecule has 0 unspecified atom stereocenters. The summed E-state index contributed by atoms with van der Waals surface area (Å²) in [5, 5.41) is 0. The van der Waals surface area contributed by atoms with Crippen molar-refractivity contribution in [1.82, 2.24) is 4.90 Å². The average molecular weight is 334 g/mol. The molecule has 25 heavy (non-hydrogen) atoms. The zero-order chi connectivity index (χ0) is 17.4. The van der Waals surface area contributed by atoms with Gasteiger partial charge in [0.1, 0.15) is 0 Å². The van der Waals surface area contributed by atoms with Crippen LogP contribution in [0.15, 0.2) is 48.5 Å². The van der Waals surface area contributed by atoms with Gasteiger partial charge in [-0.1, -0.05) is 37.3 Å². The van der Waals surface area contributed by atoms with E-state index < -0.39 is 0 Å². The second-order valence-electron chi connectivity index (χ2n) is 6.99. The maximum Gasteiger partial charge on any atom is 0.258 e. The number of benzene rings is 2. The summed E-state index contributed by atoms with van der Waals surface area (Å²) in [5.74, 6) is 0.593. The highest BCUT2D eigenvalue weighted by Crippen LogP contribution is 2.36. The molecule has 1 saturated heterocycles. The summed E-state index contributed by atoms with van der Waals surface area (Å²) >= 11 is 0. The lowest BCUT2D eigenvalue weighted by Gasteiger charge is -2.19. The standard InChI is InChI=1S/C21H22N2O2/c1-15-13-23(19-9-3-2-8-18(15)19)21(25)17-7-4-6-16(12-17)14-22-11-5-10-20(22)24/h2-4,6-9,12,15H,5,10-11,13-14H2,1H3/t15-/m0/s1. The van der Waals surface area contributed by atoms with Crippen LogP contribution in [0.3, 0.4) is 0 Å². The summed E-state index contributed by atoms with van der Waals surface area (Å²) in [4.78, 5) is 28.6. The minimum absolute atomic E-state index is 0.0337. The Morgan fingerprint density at radius 1 is 1.16 bits per heavy atom. The molecule has 128 valence electrons. The Hall–Kier alpha value is -2.62. The Balaban J connectivity index is 1.57. The number of amides is 2. The van der Waals surface area contributed by atoms with Crippen LogP contribution in [0.25, 0.3) is 0 Å². The topological polar surface area (TPSA) is 40.6 Å². The molecule has 0 spiro atoms. The summed E-state index contributed by atoms with van der Waals surface area (Å²) in [6, 6.07) is 15.8. The molecule has 2 aromatic rings. The fraction of sp³-hybridized carbons (Fsp3) is 0.333. The number of hydrogen-bond donors (Lipinski definition) is 0. The number of likely N-dealkylation sites (tertiary alicyclic amines) is 1. The second kappa shape index (κ2) is 6.36. The molecule has 2 amide bonds. The van der Waals surface area contributed by atoms with Gasteiger partial charge in [0.25, 0.3) is 5.91 Å². The van der Waals surface area contributed by atoms with E-state index in [1.165, 1.54) is 5.56 Å². The van der Waals surface area contributed by atoms with Crippen LogP contribution in [-0.2, 0) is 11.3 Å². The molecule has 2 aromatic carbocycles. The van der Waals surface area contributed by atoms with E-state index >= 15 is 0 Å². The predicted molar refractivity (Wildman–Crippen MR) is 97.6 cm³/mol. The lowest BCUT2D eigenvalue weighted by Crippen LogP contribution is -2.29. The summed E-state index contributed by atoms with van der Waals surface area (Å²) in [6.45, 7) is 4.27. The van der Waals surface area contributed by atoms with E-state index in [2.05, 4.69) is 13.0 Å². The van der Waals surface area contributed by atoms with Crippen molar-refractivity contribution in [2.75, 3.05) is 18.0 Å². The van der Waals surface area contributed by atoms with Crippen LogP contribution in [0.5, 0.6) is 0 Å². The number of para-hydroxylation sites is 1. The van der Waals surface area contributed by atoms with E-state index in [4.69, 9.17) is 0 Å². The average Bonchev–Trinajstić information content (AvgIpc) is 3.19. The molecule has 0 saturated carbocycles. The minimum Gasteiger partial charge on any atom is -0.338 e. The molecular formula is C21H22N2O2. The Labute approximate surface area is 148 Å². The van der Waals surface area contributed by atoms with E-state index in [0.29, 0.717) is 31.0 Å². The lowest BCUT2D eigenvalue weighted by atomic mass is 10.0. The number of anilines is 1. The zero-order valence-electron chi connectivity index (χ0n) is 14.4. The molecular weight excluding hydrogens is 312 g/mol. The maximum atomic E-state index is 13.1. The molecule has 1 atom stereocenters. The van der Waals surface area contributed by atoms with Gasteiger partial charge >= 0.3 is 0 Å². The SMILES string of the molecule is C[C@H]1CN(C(=O)c2cccc(CN3CCCC3=O)c2)c2ccccc21. The normalized spacial score (nSPS) is 19.4. The number of carbonyl (C=O) groups is 2. The highest BCUT2D eigenvalue weighted by Gasteiger charge is 2.30. The van der Waals surface area contributed by atoms with Gasteiger partial charge in [-0.15, -0.1) is 0 Å². The largest absolute Gasteiger partial charge is 0.338 e. The van der Waals surface area contributed by atoms with Crippen molar-refractivity contribution in [3.63, 3.8) is 0 Å². The molecule has 2 heterocycles. The van der Waals surface area contributed by atoms with Crippen molar-refractivity contribution < 1.29 is 9.59 Å². The summed E-state index contributed by atoms with van der Waals surface area (Å²) < 4.78 is 0. The van der Waals surface area contributed by atoms with E-state index in [-0.39, 0.29) is 11.8 Å². The lowest BCUT2D eigenvalue weighted by molar-refractivity contribution is -0.128. The Kier molecular flexibility index (Phi) is 4.04. The van der Waals surface area contributed by atoms with Gasteiger partial charge in [0, 0.05) is 43.2 Å². The first-order chi connectivity index (χ1) is 12.1. The van der Waals surface area contributed by atoms with Crippen molar-refractivity contribution in [3.8, 4) is 0 Å². The van der Waals surface area contributed by atoms with Crippen LogP contribution in [0.4, 0.5) is 5.69 Å². The van der Waals surface area contributed by atoms with E-state index in [1.54, 1.807) is 0 Å². The Bertz CT molecular complexity index is 830. The molecule has 2 aliphatic rings. The van der Waals surface area contributed by atoms with Crippen molar-refractivity contribution in [1.29, 1.82) is 0 Å². The molecule has 2 aliphatic heterocycles. The smallest absolute Gasteiger partial charge is 0.258 e. The van der Waals surface area contributed by atoms with Crippen molar-refractivity contribution in [3.05, 3.63) is 65.2 Å². The number of rotatable bonds is 3. The van der Waals surface area contributed by atoms with Gasteiger partial charge in [-0.25, -0.2) is 0 Å². The zero-order valence-corrected chi connectivity index (χ0v) is 14.4. The quantitative estimate of drug-likeness (QED) is 0.861. The van der Waals surface area contributed by atoms with Crippen LogP contribution in [0.1, 0.15) is 47.2 Å². The van der Waals surface area contributed by atoms with Crippen molar-refractivity contribution >= 4 is 17.5 Å². The third-order valence-electron chi connectivity index (χ3n) is 5.18. The monoisotopic (exact) mass is 334 g/mol. The Morgan fingerprint density at radius 3 is 2.80 bits per heavy atom. The summed E-state index contributed by atoms with van der Waals surface area (Å²) in [7, 11) is 0. The number of carbonyl (C=O) groups excluding carboxylic acids is 2. The fourth-order valence-electron chi connectivity index (χ4n) is 3.86. The molecule has 1 fully saturated rings. The number of fused-ring (bicyclic) bond motifs is 1. The molecule has 0 radical (unpaired) electrons. The molecule has 0 bridgehead atoms. The molecule has 0 aromatic heterocycles. The van der Waals surface area contributed by atoms with Crippen LogP contribution in [0.2, 0.25) is 0 Å². The van der Waals surface area contributed by atoms with Gasteiger partial charge in [-0.05, 0) is 35.7 Å². The van der Waals surface area contributed by atoms with Crippen LogP contribution in [0, 0.1) is 0 Å². The van der Waals surface area contributed by atoms with Crippen molar-refractivity contribution in [2.45, 2.75) is 32.2 Å². The molecule has 0 N–H and O–H groups in total. The molecule has 4 nitrogen and oxygen atoms in total. The van der Waals surface area contributed by atoms with Gasteiger partial charge in [-0.2, -0.15) is 0 Å². The fourth-order valence-corrected chi connectivity index (χ4v) is 3.86. The van der Waals surface area contributed by atoms with E-state index in [0.717, 1.165) is 24.2 Å². The second-order valence-corrected chi connectivity index (χ2v) is 6.99. The van der Waals surface area contributed by atoms with Gasteiger partial charge in [-0.3, -0.25) is 9.59 Å². The van der Waals surface area contributed by atoms with Crippen molar-refractivity contribution in [2.24, 2.45) is 0 Å². The van der Waals surface area contributed by atoms with Gasteiger partial charge in [0.15, 0.2) is 0 Å². The highest BCUT2D eigenvalue weighted by atomic mass is 16.2. The first kappa shape index (κ1) is 15.9. The Morgan fingerprint density at radius 2 is 2.00 bits per heavy atom. The molecule has 4 heteroatoms. The third kappa shape index (κ3) is 2.93.